The lowest BCUT2D eigenvalue weighted by atomic mass is 9.85. The summed E-state index contributed by atoms with van der Waals surface area (Å²) in [5, 5.41) is 11.7. The van der Waals surface area contributed by atoms with Gasteiger partial charge in [0.1, 0.15) is 0 Å². The first-order valence-electron chi connectivity index (χ1n) is 7.38. The molecule has 1 aliphatic heterocycles. The summed E-state index contributed by atoms with van der Waals surface area (Å²) in [5.74, 6) is -0.411. The van der Waals surface area contributed by atoms with E-state index < -0.39 is 12.1 Å². The molecular weight excluding hydrogens is 260 g/mol. The molecule has 0 aromatic carbocycles. The van der Waals surface area contributed by atoms with Crippen LogP contribution in [-0.4, -0.2) is 54.4 Å². The van der Waals surface area contributed by atoms with E-state index in [1.165, 1.54) is 26.4 Å². The fourth-order valence-electron chi connectivity index (χ4n) is 3.16. The highest BCUT2D eigenvalue weighted by molar-refractivity contribution is 5.67. The van der Waals surface area contributed by atoms with Crippen molar-refractivity contribution in [3.8, 4) is 0 Å². The van der Waals surface area contributed by atoms with Gasteiger partial charge in [-0.25, -0.2) is 4.79 Å². The van der Waals surface area contributed by atoms with Crippen molar-refractivity contribution in [3.63, 3.8) is 0 Å². The van der Waals surface area contributed by atoms with Crippen molar-refractivity contribution < 1.29 is 19.4 Å². The third kappa shape index (κ3) is 4.10. The maximum absolute atomic E-state index is 11.4. The van der Waals surface area contributed by atoms with Crippen LogP contribution in [0.3, 0.4) is 0 Å². The van der Waals surface area contributed by atoms with Gasteiger partial charge in [0.15, 0.2) is 0 Å². The number of methoxy groups -OCH3 is 1. The standard InChI is InChI=1S/C14H24N2O4/c1-20-14(19)15-11-7-10(5-6-13(17)18)8-16(9-11)12-3-2-4-12/h10-12H,2-9H2,1H3,(H,15,19)(H,17,18). The van der Waals surface area contributed by atoms with E-state index >= 15 is 0 Å². The number of nitrogens with one attached hydrogen (secondary N) is 1. The summed E-state index contributed by atoms with van der Waals surface area (Å²) in [5.41, 5.74) is 0. The van der Waals surface area contributed by atoms with Gasteiger partial charge < -0.3 is 15.2 Å². The lowest BCUT2D eigenvalue weighted by Gasteiger charge is -2.45. The number of rotatable bonds is 5. The number of alkyl carbamates (subject to hydrolysis) is 1. The number of hydrogen-bond donors (Lipinski definition) is 2. The number of nitrogens with zero attached hydrogens (tertiary/aromatic N) is 1. The van der Waals surface area contributed by atoms with Crippen LogP contribution < -0.4 is 5.32 Å². The molecule has 2 rings (SSSR count). The number of carbonyl (C=O) groups is 2. The maximum Gasteiger partial charge on any atom is 0.407 e. The average Bonchev–Trinajstić information content (AvgIpc) is 2.34. The molecule has 6 nitrogen and oxygen atoms in total. The third-order valence-corrected chi connectivity index (χ3v) is 4.43. The van der Waals surface area contributed by atoms with Crippen LogP contribution >= 0.6 is 0 Å². The molecule has 1 saturated carbocycles. The van der Waals surface area contributed by atoms with Crippen molar-refractivity contribution in [3.05, 3.63) is 0 Å². The molecule has 2 fully saturated rings. The Bertz CT molecular complexity index is 357. The predicted molar refractivity (Wildman–Crippen MR) is 73.5 cm³/mol. The largest absolute Gasteiger partial charge is 0.481 e. The number of carboxylic acid groups (broad SMARTS) is 1. The fraction of sp³-hybridized carbons (Fsp3) is 0.857. The van der Waals surface area contributed by atoms with E-state index in [0.717, 1.165) is 19.5 Å². The van der Waals surface area contributed by atoms with Crippen LogP contribution in [0.2, 0.25) is 0 Å². The van der Waals surface area contributed by atoms with Gasteiger partial charge in [-0.2, -0.15) is 0 Å². The Morgan fingerprint density at radius 2 is 2.10 bits per heavy atom. The zero-order chi connectivity index (χ0) is 14.5. The average molecular weight is 284 g/mol. The fourth-order valence-corrected chi connectivity index (χ4v) is 3.16. The molecule has 2 atom stereocenters. The molecule has 1 aliphatic carbocycles. The quantitative estimate of drug-likeness (QED) is 0.799. The number of carbonyl (C=O) groups excluding carboxylic acids is 1. The monoisotopic (exact) mass is 284 g/mol. The highest BCUT2D eigenvalue weighted by Crippen LogP contribution is 2.30. The molecule has 1 amide bonds. The minimum absolute atomic E-state index is 0.0654. The molecule has 1 heterocycles. The van der Waals surface area contributed by atoms with Crippen LogP contribution in [0.5, 0.6) is 0 Å². The number of piperidine rings is 1. The first-order chi connectivity index (χ1) is 9.58. The van der Waals surface area contributed by atoms with Gasteiger partial charge in [0, 0.05) is 31.6 Å². The van der Waals surface area contributed by atoms with E-state index in [1.54, 1.807) is 0 Å². The van der Waals surface area contributed by atoms with Crippen LogP contribution in [0.4, 0.5) is 4.79 Å². The SMILES string of the molecule is COC(=O)NC1CC(CCC(=O)O)CN(C2CCC2)C1. The number of likely N-dealkylation sites (tertiary alicyclic amines) is 1. The second-order valence-corrected chi connectivity index (χ2v) is 5.91. The topological polar surface area (TPSA) is 78.9 Å². The number of carboxylic acids is 1. The van der Waals surface area contributed by atoms with Gasteiger partial charge in [0.25, 0.3) is 0 Å². The van der Waals surface area contributed by atoms with E-state index in [1.807, 2.05) is 0 Å². The summed E-state index contributed by atoms with van der Waals surface area (Å²) in [6, 6.07) is 0.681. The van der Waals surface area contributed by atoms with Crippen molar-refractivity contribution in [1.82, 2.24) is 10.2 Å². The molecule has 1 saturated heterocycles. The molecule has 0 aromatic rings. The zero-order valence-corrected chi connectivity index (χ0v) is 12.0. The summed E-state index contributed by atoms with van der Waals surface area (Å²) in [7, 11) is 1.36. The molecular formula is C14H24N2O4. The molecule has 2 N–H and O–H groups in total. The Hall–Kier alpha value is -1.30. The van der Waals surface area contributed by atoms with Crippen molar-refractivity contribution in [2.45, 2.75) is 50.6 Å². The molecule has 20 heavy (non-hydrogen) atoms. The lowest BCUT2D eigenvalue weighted by Crippen LogP contribution is -2.55. The van der Waals surface area contributed by atoms with Crippen molar-refractivity contribution in [2.75, 3.05) is 20.2 Å². The molecule has 2 aliphatic rings. The first-order valence-corrected chi connectivity index (χ1v) is 7.38. The molecule has 0 bridgehead atoms. The molecule has 2 unspecified atom stereocenters. The summed E-state index contributed by atoms with van der Waals surface area (Å²) >= 11 is 0. The van der Waals surface area contributed by atoms with Crippen molar-refractivity contribution >= 4 is 12.1 Å². The summed E-state index contributed by atoms with van der Waals surface area (Å²) in [6.45, 7) is 1.81. The summed E-state index contributed by atoms with van der Waals surface area (Å²) in [6.07, 6.45) is 5.03. The summed E-state index contributed by atoms with van der Waals surface area (Å²) in [4.78, 5) is 24.5. The van der Waals surface area contributed by atoms with Crippen LogP contribution in [0.25, 0.3) is 0 Å². The van der Waals surface area contributed by atoms with E-state index in [2.05, 4.69) is 15.0 Å². The Labute approximate surface area is 119 Å². The highest BCUT2D eigenvalue weighted by atomic mass is 16.5. The second-order valence-electron chi connectivity index (χ2n) is 5.91. The van der Waals surface area contributed by atoms with Crippen molar-refractivity contribution in [1.29, 1.82) is 0 Å². The highest BCUT2D eigenvalue weighted by Gasteiger charge is 2.34. The van der Waals surface area contributed by atoms with Gasteiger partial charge in [0.05, 0.1) is 7.11 Å². The van der Waals surface area contributed by atoms with Crippen LogP contribution in [0.15, 0.2) is 0 Å². The molecule has 0 radical (unpaired) electrons. The number of aliphatic carboxylic acids is 1. The Kier molecular flexibility index (Phi) is 5.23. The van der Waals surface area contributed by atoms with E-state index in [9.17, 15) is 9.59 Å². The third-order valence-electron chi connectivity index (χ3n) is 4.43. The Balaban J connectivity index is 1.90. The normalized spacial score (nSPS) is 27.6. The van der Waals surface area contributed by atoms with Crippen molar-refractivity contribution in [2.24, 2.45) is 5.92 Å². The van der Waals surface area contributed by atoms with E-state index in [0.29, 0.717) is 18.4 Å². The smallest absolute Gasteiger partial charge is 0.407 e. The maximum atomic E-state index is 11.4. The molecule has 114 valence electrons. The minimum atomic E-state index is -0.747. The second kappa shape index (κ2) is 6.92. The van der Waals surface area contributed by atoms with Gasteiger partial charge in [-0.15, -0.1) is 0 Å². The van der Waals surface area contributed by atoms with Crippen LogP contribution in [0, 0.1) is 5.92 Å². The number of hydrogen-bond acceptors (Lipinski definition) is 4. The number of ether oxygens (including phenoxy) is 1. The van der Waals surface area contributed by atoms with E-state index in [4.69, 9.17) is 5.11 Å². The van der Waals surface area contributed by atoms with Gasteiger partial charge in [-0.05, 0) is 31.6 Å². The van der Waals surface area contributed by atoms with Crippen LogP contribution in [0.1, 0.15) is 38.5 Å². The lowest BCUT2D eigenvalue weighted by molar-refractivity contribution is -0.137. The molecule has 0 aromatic heterocycles. The first kappa shape index (κ1) is 15.1. The van der Waals surface area contributed by atoms with Crippen LogP contribution in [-0.2, 0) is 9.53 Å². The minimum Gasteiger partial charge on any atom is -0.481 e. The summed E-state index contributed by atoms with van der Waals surface area (Å²) < 4.78 is 4.66. The van der Waals surface area contributed by atoms with E-state index in [-0.39, 0.29) is 12.5 Å². The molecule has 0 spiro atoms. The van der Waals surface area contributed by atoms with Gasteiger partial charge in [0.2, 0.25) is 0 Å². The Morgan fingerprint density at radius 3 is 2.65 bits per heavy atom. The number of amides is 1. The Morgan fingerprint density at radius 1 is 1.35 bits per heavy atom. The van der Waals surface area contributed by atoms with Gasteiger partial charge in [-0.1, -0.05) is 6.42 Å². The zero-order valence-electron chi connectivity index (χ0n) is 12.0. The van der Waals surface area contributed by atoms with Gasteiger partial charge in [-0.3, -0.25) is 9.69 Å². The molecule has 6 heteroatoms. The van der Waals surface area contributed by atoms with Gasteiger partial charge >= 0.3 is 12.1 Å². The predicted octanol–water partition coefficient (Wildman–Crippen LogP) is 1.45.